The first-order valence-corrected chi connectivity index (χ1v) is 4.10. The maximum absolute atomic E-state index is 10.7. The molecule has 0 aromatic carbocycles. The van der Waals surface area contributed by atoms with Crippen LogP contribution in [0.1, 0.15) is 19.3 Å². The van der Waals surface area contributed by atoms with Crippen LogP contribution >= 0.6 is 11.6 Å². The molecule has 10 heavy (non-hydrogen) atoms. The van der Waals surface area contributed by atoms with Gasteiger partial charge in [0.1, 0.15) is 0 Å². The molecule has 3 atom stereocenters. The molecule has 1 aliphatic heterocycles. The molecule has 3 heteroatoms. The summed E-state index contributed by atoms with van der Waals surface area (Å²) in [5.74, 6) is 0.537. The Bertz CT molecular complexity index is 171. The summed E-state index contributed by atoms with van der Waals surface area (Å²) in [4.78, 5) is 10.7. The molecule has 1 saturated heterocycles. The summed E-state index contributed by atoms with van der Waals surface area (Å²) in [5, 5.41) is 3.01. The van der Waals surface area contributed by atoms with Crippen LogP contribution in [-0.4, -0.2) is 17.3 Å². The van der Waals surface area contributed by atoms with Crippen LogP contribution in [0.15, 0.2) is 0 Å². The zero-order valence-electron chi connectivity index (χ0n) is 5.64. The third kappa shape index (κ3) is 0.867. The van der Waals surface area contributed by atoms with Gasteiger partial charge in [-0.15, -0.1) is 0 Å². The average Bonchev–Trinajstić information content (AvgIpc) is 2.44. The smallest absolute Gasteiger partial charge is 0.238 e. The minimum Gasteiger partial charge on any atom is -0.303 e. The van der Waals surface area contributed by atoms with Crippen LogP contribution in [0.25, 0.3) is 0 Å². The third-order valence-electron chi connectivity index (χ3n) is 2.60. The van der Waals surface area contributed by atoms with Gasteiger partial charge in [-0.3, -0.25) is 4.79 Å². The van der Waals surface area contributed by atoms with Crippen molar-refractivity contribution in [3.05, 3.63) is 0 Å². The number of carbonyl (C=O) groups is 1. The molecule has 0 aromatic rings. The van der Waals surface area contributed by atoms with E-state index in [1.54, 1.807) is 0 Å². The number of piperidine rings is 1. The van der Waals surface area contributed by atoms with Gasteiger partial charge in [-0.25, -0.2) is 0 Å². The minimum absolute atomic E-state index is 0.0274. The molecule has 0 spiro atoms. The van der Waals surface area contributed by atoms with Crippen LogP contribution in [0, 0.1) is 5.92 Å². The van der Waals surface area contributed by atoms with E-state index < -0.39 is 0 Å². The standard InChI is InChI=1S/C7H10ClNO/c8-7(10)6-4-1-2-5(3-4)9-6/h4-6,9H,1-3H2/t4-,5+,6-/m1/s1. The predicted molar refractivity (Wildman–Crippen MR) is 38.9 cm³/mol. The number of rotatable bonds is 1. The highest BCUT2D eigenvalue weighted by Crippen LogP contribution is 2.35. The molecule has 2 rings (SSSR count). The number of hydrogen-bond acceptors (Lipinski definition) is 2. The lowest BCUT2D eigenvalue weighted by Gasteiger charge is -2.18. The molecule has 2 fully saturated rings. The monoisotopic (exact) mass is 159 g/mol. The molecule has 2 nitrogen and oxygen atoms in total. The average molecular weight is 160 g/mol. The normalized spacial score (nSPS) is 44.3. The summed E-state index contributed by atoms with van der Waals surface area (Å²) < 4.78 is 0. The Morgan fingerprint density at radius 3 is 2.60 bits per heavy atom. The molecule has 1 heterocycles. The lowest BCUT2D eigenvalue weighted by Crippen LogP contribution is -2.39. The van der Waals surface area contributed by atoms with Crippen LogP contribution in [0.4, 0.5) is 0 Å². The van der Waals surface area contributed by atoms with Crippen molar-refractivity contribution in [2.75, 3.05) is 0 Å². The van der Waals surface area contributed by atoms with Crippen molar-refractivity contribution in [2.45, 2.75) is 31.3 Å². The second kappa shape index (κ2) is 2.21. The molecule has 0 unspecified atom stereocenters. The summed E-state index contributed by atoms with van der Waals surface area (Å²) >= 11 is 5.38. The Labute approximate surface area is 64.9 Å². The summed E-state index contributed by atoms with van der Waals surface area (Å²) in [5.41, 5.74) is 0. The van der Waals surface area contributed by atoms with Gasteiger partial charge in [-0.05, 0) is 36.8 Å². The SMILES string of the molecule is O=C(Cl)[C@@H]1N[C@H]2CC[C@@H]1C2. The molecule has 0 amide bonds. The maximum atomic E-state index is 10.7. The summed E-state index contributed by atoms with van der Waals surface area (Å²) in [7, 11) is 0. The van der Waals surface area contributed by atoms with E-state index in [1.807, 2.05) is 0 Å². The van der Waals surface area contributed by atoms with Crippen LogP contribution in [0.3, 0.4) is 0 Å². The van der Waals surface area contributed by atoms with Gasteiger partial charge in [0.05, 0.1) is 6.04 Å². The first-order chi connectivity index (χ1) is 4.77. The topological polar surface area (TPSA) is 29.1 Å². The van der Waals surface area contributed by atoms with Gasteiger partial charge < -0.3 is 5.32 Å². The molecule has 0 aromatic heterocycles. The largest absolute Gasteiger partial charge is 0.303 e. The number of nitrogens with one attached hydrogen (secondary N) is 1. The van der Waals surface area contributed by atoms with Crippen molar-refractivity contribution in [1.82, 2.24) is 5.32 Å². The van der Waals surface area contributed by atoms with Crippen LogP contribution in [0.5, 0.6) is 0 Å². The Balaban J connectivity index is 2.08. The highest BCUT2D eigenvalue weighted by molar-refractivity contribution is 6.64. The van der Waals surface area contributed by atoms with Crippen molar-refractivity contribution < 1.29 is 4.79 Å². The Kier molecular flexibility index (Phi) is 1.46. The van der Waals surface area contributed by atoms with E-state index in [9.17, 15) is 4.79 Å². The van der Waals surface area contributed by atoms with Gasteiger partial charge in [0.15, 0.2) is 0 Å². The van der Waals surface area contributed by atoms with E-state index in [0.29, 0.717) is 12.0 Å². The van der Waals surface area contributed by atoms with Crippen LogP contribution in [0.2, 0.25) is 0 Å². The fraction of sp³-hybridized carbons (Fsp3) is 0.857. The lowest BCUT2D eigenvalue weighted by molar-refractivity contribution is -0.114. The fourth-order valence-corrected chi connectivity index (χ4v) is 2.35. The molecule has 1 aliphatic carbocycles. The molecular formula is C7H10ClNO. The molecule has 56 valence electrons. The molecule has 2 aliphatic rings. The number of fused-ring (bicyclic) bond motifs is 2. The van der Waals surface area contributed by atoms with E-state index in [2.05, 4.69) is 5.32 Å². The summed E-state index contributed by atoms with van der Waals surface area (Å²) in [6.07, 6.45) is 3.56. The maximum Gasteiger partial charge on any atom is 0.238 e. The molecule has 2 bridgehead atoms. The number of halogens is 1. The van der Waals surface area contributed by atoms with Gasteiger partial charge in [-0.1, -0.05) is 0 Å². The second-order valence-corrected chi connectivity index (χ2v) is 3.59. The Morgan fingerprint density at radius 2 is 2.30 bits per heavy atom. The van der Waals surface area contributed by atoms with Crippen molar-refractivity contribution >= 4 is 16.8 Å². The second-order valence-electron chi connectivity index (χ2n) is 3.22. The molecule has 1 saturated carbocycles. The number of hydrogen-bond donors (Lipinski definition) is 1. The fourth-order valence-electron chi connectivity index (χ4n) is 2.11. The highest BCUT2D eigenvalue weighted by atomic mass is 35.5. The van der Waals surface area contributed by atoms with Crippen LogP contribution in [-0.2, 0) is 4.79 Å². The minimum atomic E-state index is -0.202. The molecule has 1 N–H and O–H groups in total. The zero-order chi connectivity index (χ0) is 7.14. The zero-order valence-corrected chi connectivity index (χ0v) is 6.40. The molecule has 0 radical (unpaired) electrons. The van der Waals surface area contributed by atoms with Gasteiger partial charge in [0.2, 0.25) is 5.24 Å². The lowest BCUT2D eigenvalue weighted by atomic mass is 10.0. The summed E-state index contributed by atoms with van der Waals surface area (Å²) in [6, 6.07) is 0.554. The highest BCUT2D eigenvalue weighted by Gasteiger charge is 2.41. The van der Waals surface area contributed by atoms with E-state index in [4.69, 9.17) is 11.6 Å². The van der Waals surface area contributed by atoms with Crippen LogP contribution < -0.4 is 5.32 Å². The first kappa shape index (κ1) is 6.62. The van der Waals surface area contributed by atoms with Gasteiger partial charge in [0.25, 0.3) is 0 Å². The Hall–Kier alpha value is -0.0800. The number of carbonyl (C=O) groups excluding carboxylic acids is 1. The quantitative estimate of drug-likeness (QED) is 0.576. The molecular weight excluding hydrogens is 150 g/mol. The van der Waals surface area contributed by atoms with Crippen molar-refractivity contribution in [3.63, 3.8) is 0 Å². The first-order valence-electron chi connectivity index (χ1n) is 3.73. The van der Waals surface area contributed by atoms with Crippen molar-refractivity contribution in [3.8, 4) is 0 Å². The van der Waals surface area contributed by atoms with Gasteiger partial charge in [0, 0.05) is 6.04 Å². The van der Waals surface area contributed by atoms with Gasteiger partial charge >= 0.3 is 0 Å². The van der Waals surface area contributed by atoms with E-state index in [1.165, 1.54) is 12.8 Å². The Morgan fingerprint density at radius 1 is 1.50 bits per heavy atom. The van der Waals surface area contributed by atoms with Crippen molar-refractivity contribution in [2.24, 2.45) is 5.92 Å². The third-order valence-corrected chi connectivity index (χ3v) is 2.84. The van der Waals surface area contributed by atoms with Gasteiger partial charge in [-0.2, -0.15) is 0 Å². The summed E-state index contributed by atoms with van der Waals surface area (Å²) in [6.45, 7) is 0. The van der Waals surface area contributed by atoms with Crippen molar-refractivity contribution in [1.29, 1.82) is 0 Å². The van der Waals surface area contributed by atoms with E-state index in [0.717, 1.165) is 6.42 Å². The van der Waals surface area contributed by atoms with E-state index in [-0.39, 0.29) is 11.3 Å². The van der Waals surface area contributed by atoms with E-state index >= 15 is 0 Å². The predicted octanol–water partition coefficient (Wildman–Crippen LogP) is 0.892.